The maximum absolute atomic E-state index is 12.5. The summed E-state index contributed by atoms with van der Waals surface area (Å²) < 4.78 is 26.9. The molecule has 0 aliphatic carbocycles. The van der Waals surface area contributed by atoms with Crippen LogP contribution in [0.3, 0.4) is 0 Å². The predicted octanol–water partition coefficient (Wildman–Crippen LogP) is 1.55. The fraction of sp³-hybridized carbons (Fsp3) is 0.615. The Labute approximate surface area is 124 Å². The largest absolute Gasteiger partial charge is 0.340 e. The zero-order valence-corrected chi connectivity index (χ0v) is 13.5. The normalized spacial score (nSPS) is 17.4. The molecule has 0 bridgehead atoms. The van der Waals surface area contributed by atoms with Crippen LogP contribution in [0, 0.1) is 0 Å². The number of carbonyl (C=O) groups is 1. The van der Waals surface area contributed by atoms with Gasteiger partial charge in [0.25, 0.3) is 10.0 Å². The highest BCUT2D eigenvalue weighted by atomic mass is 32.2. The fourth-order valence-corrected chi connectivity index (χ4v) is 5.28. The Kier molecular flexibility index (Phi) is 4.82. The summed E-state index contributed by atoms with van der Waals surface area (Å²) in [6.45, 7) is 5.30. The third kappa shape index (κ3) is 3.21. The second-order valence-electron chi connectivity index (χ2n) is 4.88. The molecule has 2 heterocycles. The summed E-state index contributed by atoms with van der Waals surface area (Å²) in [6, 6.07) is 3.59. The van der Waals surface area contributed by atoms with E-state index in [0.29, 0.717) is 30.4 Å². The van der Waals surface area contributed by atoms with Gasteiger partial charge in [-0.3, -0.25) is 4.79 Å². The first-order chi connectivity index (χ1) is 9.45. The molecule has 0 saturated carbocycles. The minimum atomic E-state index is -3.39. The number of aryl methyl sites for hydroxylation is 1. The van der Waals surface area contributed by atoms with E-state index in [0.717, 1.165) is 17.7 Å². The molecule has 20 heavy (non-hydrogen) atoms. The number of piperazine rings is 1. The number of sulfonamides is 1. The second kappa shape index (κ2) is 6.24. The Hall–Kier alpha value is -0.920. The average Bonchev–Trinajstić information content (AvgIpc) is 2.88. The van der Waals surface area contributed by atoms with Crippen molar-refractivity contribution in [2.24, 2.45) is 0 Å². The maximum Gasteiger partial charge on any atom is 0.252 e. The Balaban J connectivity index is 2.09. The van der Waals surface area contributed by atoms with Gasteiger partial charge in [-0.2, -0.15) is 4.31 Å². The first-order valence-electron chi connectivity index (χ1n) is 6.79. The average molecular weight is 316 g/mol. The van der Waals surface area contributed by atoms with Gasteiger partial charge in [0.15, 0.2) is 0 Å². The first kappa shape index (κ1) is 15.5. The van der Waals surface area contributed by atoms with E-state index in [2.05, 4.69) is 6.92 Å². The summed E-state index contributed by atoms with van der Waals surface area (Å²) in [6.07, 6.45) is 1.93. The van der Waals surface area contributed by atoms with Crippen molar-refractivity contribution in [1.82, 2.24) is 9.21 Å². The summed E-state index contributed by atoms with van der Waals surface area (Å²) >= 11 is 1.35. The zero-order valence-electron chi connectivity index (χ0n) is 11.8. The Morgan fingerprint density at radius 3 is 2.45 bits per heavy atom. The van der Waals surface area contributed by atoms with Gasteiger partial charge in [0.1, 0.15) is 4.21 Å². The monoisotopic (exact) mass is 316 g/mol. The Bertz CT molecular complexity index is 572. The minimum absolute atomic E-state index is 0.00315. The summed E-state index contributed by atoms with van der Waals surface area (Å²) in [5.74, 6) is 0.00315. The van der Waals surface area contributed by atoms with Crippen LogP contribution in [-0.2, 0) is 21.2 Å². The maximum atomic E-state index is 12.5. The summed E-state index contributed by atoms with van der Waals surface area (Å²) in [7, 11) is -3.39. The molecule has 7 heteroatoms. The number of rotatable bonds is 4. The van der Waals surface area contributed by atoms with Crippen molar-refractivity contribution in [3.63, 3.8) is 0 Å². The van der Waals surface area contributed by atoms with Crippen LogP contribution < -0.4 is 0 Å². The minimum Gasteiger partial charge on any atom is -0.340 e. The molecule has 1 aliphatic heterocycles. The van der Waals surface area contributed by atoms with E-state index in [4.69, 9.17) is 0 Å². The van der Waals surface area contributed by atoms with Crippen LogP contribution in [0.25, 0.3) is 0 Å². The molecule has 0 atom stereocenters. The lowest BCUT2D eigenvalue weighted by Crippen LogP contribution is -2.49. The van der Waals surface area contributed by atoms with E-state index in [1.165, 1.54) is 22.6 Å². The van der Waals surface area contributed by atoms with Crippen molar-refractivity contribution in [2.45, 2.75) is 30.9 Å². The molecule has 1 fully saturated rings. The second-order valence-corrected chi connectivity index (χ2v) is 8.21. The third-order valence-corrected chi connectivity index (χ3v) is 6.92. The molecular formula is C13H20N2O3S2. The lowest BCUT2D eigenvalue weighted by molar-refractivity contribution is -0.129. The van der Waals surface area contributed by atoms with E-state index in [1.54, 1.807) is 11.0 Å². The van der Waals surface area contributed by atoms with Gasteiger partial charge in [0.2, 0.25) is 5.91 Å². The molecule has 0 radical (unpaired) electrons. The summed E-state index contributed by atoms with van der Waals surface area (Å²) in [5, 5.41) is 0. The summed E-state index contributed by atoms with van der Waals surface area (Å²) in [4.78, 5) is 14.0. The predicted molar refractivity (Wildman–Crippen MR) is 79.3 cm³/mol. The molecule has 0 aromatic carbocycles. The zero-order chi connectivity index (χ0) is 14.8. The number of nitrogens with zero attached hydrogens (tertiary/aromatic N) is 2. The van der Waals surface area contributed by atoms with Crippen molar-refractivity contribution in [3.8, 4) is 0 Å². The SMILES string of the molecule is CCCc1ccc(S(=O)(=O)N2CCN(C(C)=O)CC2)s1. The number of hydrogen-bond acceptors (Lipinski definition) is 4. The van der Waals surface area contributed by atoms with Gasteiger partial charge < -0.3 is 4.90 Å². The van der Waals surface area contributed by atoms with Crippen molar-refractivity contribution < 1.29 is 13.2 Å². The fourth-order valence-electron chi connectivity index (χ4n) is 2.25. The van der Waals surface area contributed by atoms with Crippen LogP contribution in [0.15, 0.2) is 16.3 Å². The van der Waals surface area contributed by atoms with Crippen molar-refractivity contribution in [2.75, 3.05) is 26.2 Å². The summed E-state index contributed by atoms with van der Waals surface area (Å²) in [5.41, 5.74) is 0. The van der Waals surface area contributed by atoms with E-state index < -0.39 is 10.0 Å². The highest BCUT2D eigenvalue weighted by Gasteiger charge is 2.30. The Morgan fingerprint density at radius 1 is 1.25 bits per heavy atom. The van der Waals surface area contributed by atoms with E-state index in [1.807, 2.05) is 6.07 Å². The molecule has 112 valence electrons. The van der Waals surface area contributed by atoms with E-state index in [9.17, 15) is 13.2 Å². The van der Waals surface area contributed by atoms with Gasteiger partial charge in [-0.05, 0) is 18.6 Å². The lowest BCUT2D eigenvalue weighted by Gasteiger charge is -2.33. The first-order valence-corrected chi connectivity index (χ1v) is 9.05. The number of amides is 1. The van der Waals surface area contributed by atoms with E-state index >= 15 is 0 Å². The molecule has 1 saturated heterocycles. The van der Waals surface area contributed by atoms with Gasteiger partial charge in [0.05, 0.1) is 0 Å². The van der Waals surface area contributed by atoms with E-state index in [-0.39, 0.29) is 5.91 Å². The van der Waals surface area contributed by atoms with Crippen LogP contribution in [0.5, 0.6) is 0 Å². The van der Waals surface area contributed by atoms with Gasteiger partial charge in [-0.15, -0.1) is 11.3 Å². The number of hydrogen-bond donors (Lipinski definition) is 0. The van der Waals surface area contributed by atoms with Crippen molar-refractivity contribution in [3.05, 3.63) is 17.0 Å². The molecule has 0 spiro atoms. The molecule has 1 aliphatic rings. The van der Waals surface area contributed by atoms with Gasteiger partial charge in [-0.1, -0.05) is 13.3 Å². The topological polar surface area (TPSA) is 57.7 Å². The quantitative estimate of drug-likeness (QED) is 0.847. The third-order valence-electron chi connectivity index (χ3n) is 3.41. The lowest BCUT2D eigenvalue weighted by atomic mass is 10.3. The standard InChI is InChI=1S/C13H20N2O3S2/c1-3-4-12-5-6-13(19-12)20(17,18)15-9-7-14(8-10-15)11(2)16/h5-6H,3-4,7-10H2,1-2H3. The molecule has 1 aromatic heterocycles. The molecular weight excluding hydrogens is 296 g/mol. The van der Waals surface area contributed by atoms with Gasteiger partial charge >= 0.3 is 0 Å². The number of carbonyl (C=O) groups excluding carboxylic acids is 1. The van der Waals surface area contributed by atoms with Crippen LogP contribution >= 0.6 is 11.3 Å². The van der Waals surface area contributed by atoms with Crippen molar-refractivity contribution in [1.29, 1.82) is 0 Å². The highest BCUT2D eigenvalue weighted by Crippen LogP contribution is 2.26. The van der Waals surface area contributed by atoms with Gasteiger partial charge in [-0.25, -0.2) is 8.42 Å². The smallest absolute Gasteiger partial charge is 0.252 e. The molecule has 1 amide bonds. The van der Waals surface area contributed by atoms with Crippen LogP contribution in [0.4, 0.5) is 0 Å². The molecule has 5 nitrogen and oxygen atoms in total. The van der Waals surface area contributed by atoms with Crippen LogP contribution in [0.2, 0.25) is 0 Å². The highest BCUT2D eigenvalue weighted by molar-refractivity contribution is 7.91. The Morgan fingerprint density at radius 2 is 1.90 bits per heavy atom. The molecule has 2 rings (SSSR count). The van der Waals surface area contributed by atoms with Crippen LogP contribution in [0.1, 0.15) is 25.1 Å². The molecule has 1 aromatic rings. The number of thiophene rings is 1. The van der Waals surface area contributed by atoms with Crippen molar-refractivity contribution >= 4 is 27.3 Å². The van der Waals surface area contributed by atoms with Gasteiger partial charge in [0, 0.05) is 38.0 Å². The molecule has 0 N–H and O–H groups in total. The molecule has 0 unspecified atom stereocenters. The van der Waals surface area contributed by atoms with Crippen LogP contribution in [-0.4, -0.2) is 49.7 Å².